The fourth-order valence-corrected chi connectivity index (χ4v) is 4.28. The molecule has 1 atom stereocenters. The van der Waals surface area contributed by atoms with Gasteiger partial charge in [-0.15, -0.1) is 0 Å². The van der Waals surface area contributed by atoms with Crippen molar-refractivity contribution in [1.82, 2.24) is 19.8 Å². The largest absolute Gasteiger partial charge is 0.379 e. The van der Waals surface area contributed by atoms with Crippen LogP contribution in [-0.2, 0) is 9.53 Å². The minimum Gasteiger partial charge on any atom is -0.379 e. The van der Waals surface area contributed by atoms with Crippen LogP contribution >= 0.6 is 0 Å². The number of anilines is 1. The topological polar surface area (TPSA) is 105 Å². The molecule has 170 valence electrons. The van der Waals surface area contributed by atoms with Crippen molar-refractivity contribution in [3.8, 4) is 11.1 Å². The molecule has 2 aliphatic heterocycles. The number of amides is 2. The van der Waals surface area contributed by atoms with Crippen molar-refractivity contribution < 1.29 is 14.3 Å². The van der Waals surface area contributed by atoms with E-state index in [1.54, 1.807) is 18.3 Å². The first-order valence-corrected chi connectivity index (χ1v) is 11.0. The number of carbonyl (C=O) groups is 2. The van der Waals surface area contributed by atoms with Crippen LogP contribution in [0.1, 0.15) is 34.9 Å². The van der Waals surface area contributed by atoms with Gasteiger partial charge in [0.05, 0.1) is 31.5 Å². The standard InChI is InChI=1S/C23H30N6O3/c1-27(2)23-25-14-18(16-5-7-17(8-6-16)22(24)31)21(26-23)19-4-3-9-29(19)20(30)15-28-10-12-32-13-11-28/h5-8,14,19H,3-4,9-13,15H2,1-2H3,(H2,24,31). The first kappa shape index (κ1) is 22.2. The lowest BCUT2D eigenvalue weighted by atomic mass is 9.98. The zero-order valence-electron chi connectivity index (χ0n) is 18.7. The second-order valence-electron chi connectivity index (χ2n) is 8.44. The van der Waals surface area contributed by atoms with E-state index in [1.807, 2.05) is 36.0 Å². The van der Waals surface area contributed by atoms with E-state index < -0.39 is 5.91 Å². The van der Waals surface area contributed by atoms with Gasteiger partial charge in [0.25, 0.3) is 0 Å². The van der Waals surface area contributed by atoms with Crippen molar-refractivity contribution in [3.05, 3.63) is 41.7 Å². The Bertz CT molecular complexity index is 972. The van der Waals surface area contributed by atoms with Gasteiger partial charge in [-0.3, -0.25) is 14.5 Å². The summed E-state index contributed by atoms with van der Waals surface area (Å²) in [4.78, 5) is 40.0. The molecule has 2 aliphatic rings. The monoisotopic (exact) mass is 438 g/mol. The van der Waals surface area contributed by atoms with Crippen LogP contribution in [0.3, 0.4) is 0 Å². The number of carbonyl (C=O) groups excluding carboxylic acids is 2. The van der Waals surface area contributed by atoms with E-state index in [-0.39, 0.29) is 11.9 Å². The third-order valence-corrected chi connectivity index (χ3v) is 6.04. The maximum atomic E-state index is 13.2. The zero-order valence-corrected chi connectivity index (χ0v) is 18.7. The summed E-state index contributed by atoms with van der Waals surface area (Å²) in [7, 11) is 3.80. The molecule has 9 heteroatoms. The number of aromatic nitrogens is 2. The highest BCUT2D eigenvalue weighted by atomic mass is 16.5. The predicted octanol–water partition coefficient (Wildman–Crippen LogP) is 1.30. The summed E-state index contributed by atoms with van der Waals surface area (Å²) in [5.74, 6) is 0.256. The Balaban J connectivity index is 1.65. The van der Waals surface area contributed by atoms with E-state index in [1.165, 1.54) is 0 Å². The molecule has 0 bridgehead atoms. The summed E-state index contributed by atoms with van der Waals surface area (Å²) in [6, 6.07) is 7.00. The highest BCUT2D eigenvalue weighted by Crippen LogP contribution is 2.37. The molecule has 2 saturated heterocycles. The number of ether oxygens (including phenoxy) is 1. The smallest absolute Gasteiger partial charge is 0.248 e. The number of nitrogens with zero attached hydrogens (tertiary/aromatic N) is 5. The molecule has 0 radical (unpaired) electrons. The van der Waals surface area contributed by atoms with Crippen LogP contribution < -0.4 is 10.6 Å². The molecular weight excluding hydrogens is 408 g/mol. The fourth-order valence-electron chi connectivity index (χ4n) is 4.28. The third-order valence-electron chi connectivity index (χ3n) is 6.04. The quantitative estimate of drug-likeness (QED) is 0.725. The molecule has 4 rings (SSSR count). The molecule has 1 unspecified atom stereocenters. The van der Waals surface area contributed by atoms with Crippen LogP contribution in [0, 0.1) is 0 Å². The van der Waals surface area contributed by atoms with Crippen molar-refractivity contribution >= 4 is 17.8 Å². The van der Waals surface area contributed by atoms with Gasteiger partial charge in [0, 0.05) is 51.1 Å². The Morgan fingerprint density at radius 1 is 1.16 bits per heavy atom. The van der Waals surface area contributed by atoms with Gasteiger partial charge >= 0.3 is 0 Å². The van der Waals surface area contributed by atoms with Gasteiger partial charge in [0.1, 0.15) is 0 Å². The fraction of sp³-hybridized carbons (Fsp3) is 0.478. The molecule has 0 spiro atoms. The van der Waals surface area contributed by atoms with Crippen LogP contribution in [0.4, 0.5) is 5.95 Å². The predicted molar refractivity (Wildman–Crippen MR) is 121 cm³/mol. The average Bonchev–Trinajstić information content (AvgIpc) is 3.29. The van der Waals surface area contributed by atoms with E-state index in [0.29, 0.717) is 31.3 Å². The second kappa shape index (κ2) is 9.62. The summed E-state index contributed by atoms with van der Waals surface area (Å²) in [6.07, 6.45) is 3.59. The highest BCUT2D eigenvalue weighted by Gasteiger charge is 2.34. The van der Waals surface area contributed by atoms with Gasteiger partial charge in [0.15, 0.2) is 0 Å². The molecule has 2 N–H and O–H groups in total. The molecule has 2 amide bonds. The zero-order chi connectivity index (χ0) is 22.7. The van der Waals surface area contributed by atoms with E-state index in [2.05, 4.69) is 9.88 Å². The molecule has 2 fully saturated rings. The maximum absolute atomic E-state index is 13.2. The summed E-state index contributed by atoms with van der Waals surface area (Å²) in [5, 5.41) is 0. The molecule has 9 nitrogen and oxygen atoms in total. The van der Waals surface area contributed by atoms with Gasteiger partial charge in [-0.2, -0.15) is 0 Å². The summed E-state index contributed by atoms with van der Waals surface area (Å²) in [5.41, 5.74) is 8.43. The first-order chi connectivity index (χ1) is 15.4. The molecule has 1 aromatic carbocycles. The van der Waals surface area contributed by atoms with Gasteiger partial charge in [0.2, 0.25) is 17.8 Å². The van der Waals surface area contributed by atoms with E-state index >= 15 is 0 Å². The molecule has 0 aliphatic carbocycles. The van der Waals surface area contributed by atoms with Crippen LogP contribution in [0.25, 0.3) is 11.1 Å². The number of rotatable bonds is 6. The van der Waals surface area contributed by atoms with Crippen LogP contribution in [0.15, 0.2) is 30.5 Å². The van der Waals surface area contributed by atoms with E-state index in [4.69, 9.17) is 15.5 Å². The lowest BCUT2D eigenvalue weighted by Crippen LogP contribution is -2.44. The number of likely N-dealkylation sites (tertiary alicyclic amines) is 1. The van der Waals surface area contributed by atoms with Gasteiger partial charge in [-0.25, -0.2) is 9.97 Å². The number of hydrogen-bond acceptors (Lipinski definition) is 7. The van der Waals surface area contributed by atoms with E-state index in [0.717, 1.165) is 49.3 Å². The molecule has 1 aromatic heterocycles. The minimum absolute atomic E-state index is 0.115. The highest BCUT2D eigenvalue weighted by molar-refractivity contribution is 5.93. The lowest BCUT2D eigenvalue weighted by Gasteiger charge is -2.31. The Morgan fingerprint density at radius 2 is 1.88 bits per heavy atom. The van der Waals surface area contributed by atoms with Crippen molar-refractivity contribution in [2.45, 2.75) is 18.9 Å². The summed E-state index contributed by atoms with van der Waals surface area (Å²) >= 11 is 0. The van der Waals surface area contributed by atoms with Crippen molar-refractivity contribution in [2.24, 2.45) is 5.73 Å². The van der Waals surface area contributed by atoms with Gasteiger partial charge in [-0.05, 0) is 30.5 Å². The molecule has 32 heavy (non-hydrogen) atoms. The second-order valence-corrected chi connectivity index (χ2v) is 8.44. The third kappa shape index (κ3) is 4.73. The molecule has 3 heterocycles. The van der Waals surface area contributed by atoms with Crippen LogP contribution in [-0.4, -0.2) is 85.1 Å². The number of benzene rings is 1. The number of morpholine rings is 1. The number of nitrogens with two attached hydrogens (primary N) is 1. The normalized spacial score (nSPS) is 19.2. The van der Waals surface area contributed by atoms with Crippen LogP contribution in [0.2, 0.25) is 0 Å². The Hall–Kier alpha value is -3.04. The number of hydrogen-bond donors (Lipinski definition) is 1. The first-order valence-electron chi connectivity index (χ1n) is 11.0. The summed E-state index contributed by atoms with van der Waals surface area (Å²) in [6.45, 7) is 4.00. The summed E-state index contributed by atoms with van der Waals surface area (Å²) < 4.78 is 5.40. The lowest BCUT2D eigenvalue weighted by molar-refractivity contribution is -0.134. The van der Waals surface area contributed by atoms with Gasteiger partial charge < -0.3 is 20.3 Å². The van der Waals surface area contributed by atoms with E-state index in [9.17, 15) is 9.59 Å². The Morgan fingerprint density at radius 3 is 2.53 bits per heavy atom. The maximum Gasteiger partial charge on any atom is 0.248 e. The van der Waals surface area contributed by atoms with Crippen LogP contribution in [0.5, 0.6) is 0 Å². The van der Waals surface area contributed by atoms with Crippen molar-refractivity contribution in [1.29, 1.82) is 0 Å². The Labute approximate surface area is 188 Å². The SMILES string of the molecule is CN(C)c1ncc(-c2ccc(C(N)=O)cc2)c(C2CCCN2C(=O)CN2CCOCC2)n1. The van der Waals surface area contributed by atoms with Crippen molar-refractivity contribution in [2.75, 3.05) is 58.4 Å². The Kier molecular flexibility index (Phi) is 6.66. The minimum atomic E-state index is -0.466. The van der Waals surface area contributed by atoms with Gasteiger partial charge in [-0.1, -0.05) is 12.1 Å². The molecule has 2 aromatic rings. The molecule has 0 saturated carbocycles. The average molecular weight is 439 g/mol. The van der Waals surface area contributed by atoms with Crippen molar-refractivity contribution in [3.63, 3.8) is 0 Å². The number of primary amides is 1. The molecular formula is C23H30N6O3.